The van der Waals surface area contributed by atoms with Gasteiger partial charge in [-0.1, -0.05) is 6.07 Å². The molecule has 0 spiro atoms. The first-order valence-corrected chi connectivity index (χ1v) is 8.90. The summed E-state index contributed by atoms with van der Waals surface area (Å²) in [4.78, 5) is 25.5. The molecular weight excluding hydrogens is 368 g/mol. The minimum absolute atomic E-state index is 0.0372. The molecule has 3 aromatic rings. The summed E-state index contributed by atoms with van der Waals surface area (Å²) in [5.41, 5.74) is 0.154. The highest BCUT2D eigenvalue weighted by atomic mass is 19.1. The lowest BCUT2D eigenvalue weighted by Crippen LogP contribution is -2.36. The second kappa shape index (κ2) is 7.42. The summed E-state index contributed by atoms with van der Waals surface area (Å²) < 4.78 is 37.7. The molecule has 5 nitrogen and oxygen atoms in total. The van der Waals surface area contributed by atoms with Gasteiger partial charge in [-0.2, -0.15) is 0 Å². The van der Waals surface area contributed by atoms with Crippen LogP contribution in [0.5, 0.6) is 5.75 Å². The van der Waals surface area contributed by atoms with E-state index in [0.717, 1.165) is 24.3 Å². The second-order valence-electron chi connectivity index (χ2n) is 6.73. The molecule has 1 aliphatic rings. The first kappa shape index (κ1) is 18.2. The van der Waals surface area contributed by atoms with E-state index >= 15 is 0 Å². The Morgan fingerprint density at radius 1 is 1.11 bits per heavy atom. The third-order valence-corrected chi connectivity index (χ3v) is 4.62. The van der Waals surface area contributed by atoms with Crippen LogP contribution in [0, 0.1) is 11.6 Å². The first-order chi connectivity index (χ1) is 13.5. The van der Waals surface area contributed by atoms with Crippen molar-refractivity contribution in [1.82, 2.24) is 4.90 Å². The van der Waals surface area contributed by atoms with Crippen LogP contribution in [0.2, 0.25) is 0 Å². The zero-order chi connectivity index (χ0) is 19.7. The number of rotatable bonds is 6. The predicted octanol–water partition coefficient (Wildman–Crippen LogP) is 3.64. The molecule has 0 radical (unpaired) electrons. The quantitative estimate of drug-likeness (QED) is 0.608. The number of amides is 1. The van der Waals surface area contributed by atoms with Crippen LogP contribution in [0.15, 0.2) is 57.7 Å². The summed E-state index contributed by atoms with van der Waals surface area (Å²) in [6.07, 6.45) is 1.69. The van der Waals surface area contributed by atoms with Crippen molar-refractivity contribution >= 4 is 16.9 Å². The van der Waals surface area contributed by atoms with Crippen LogP contribution in [0.25, 0.3) is 11.0 Å². The van der Waals surface area contributed by atoms with Gasteiger partial charge < -0.3 is 14.1 Å². The molecule has 28 heavy (non-hydrogen) atoms. The highest BCUT2D eigenvalue weighted by Gasteiger charge is 2.33. The van der Waals surface area contributed by atoms with Gasteiger partial charge in [0.2, 0.25) is 0 Å². The van der Waals surface area contributed by atoms with Gasteiger partial charge in [-0.25, -0.2) is 13.6 Å². The van der Waals surface area contributed by atoms with Crippen molar-refractivity contribution in [2.45, 2.75) is 25.4 Å². The minimum Gasteiger partial charge on any atom is -0.484 e. The number of carbonyl (C=O) groups excluding carboxylic acids is 1. The Balaban J connectivity index is 1.45. The van der Waals surface area contributed by atoms with Crippen molar-refractivity contribution in [1.29, 1.82) is 0 Å². The predicted molar refractivity (Wildman–Crippen MR) is 97.9 cm³/mol. The molecule has 0 bridgehead atoms. The summed E-state index contributed by atoms with van der Waals surface area (Å²) >= 11 is 0. The number of carbonyl (C=O) groups is 1. The van der Waals surface area contributed by atoms with Gasteiger partial charge in [-0.05, 0) is 37.1 Å². The maximum Gasteiger partial charge on any atom is 0.336 e. The fraction of sp³-hybridized carbons (Fsp3) is 0.238. The Kier molecular flexibility index (Phi) is 4.81. The largest absolute Gasteiger partial charge is 0.484 e. The van der Waals surface area contributed by atoms with E-state index in [1.165, 1.54) is 18.2 Å². The van der Waals surface area contributed by atoms with Crippen LogP contribution in [-0.4, -0.2) is 23.5 Å². The first-order valence-electron chi connectivity index (χ1n) is 8.90. The highest BCUT2D eigenvalue weighted by Crippen LogP contribution is 2.29. The SMILES string of the molecule is O=C(COc1ccc2ccc(=O)oc2c1)N(Cc1ccc(F)cc1F)C1CC1. The van der Waals surface area contributed by atoms with Gasteiger partial charge in [0, 0.05) is 41.7 Å². The zero-order valence-corrected chi connectivity index (χ0v) is 14.9. The van der Waals surface area contributed by atoms with Crippen LogP contribution in [0.1, 0.15) is 18.4 Å². The number of fused-ring (bicyclic) bond motifs is 1. The fourth-order valence-corrected chi connectivity index (χ4v) is 3.00. The summed E-state index contributed by atoms with van der Waals surface area (Å²) in [6, 6.07) is 11.3. The molecule has 1 heterocycles. The molecule has 0 aliphatic heterocycles. The van der Waals surface area contributed by atoms with Crippen molar-refractivity contribution in [3.8, 4) is 5.75 Å². The Hall–Kier alpha value is -3.22. The van der Waals surface area contributed by atoms with Crippen LogP contribution < -0.4 is 10.4 Å². The molecule has 1 saturated carbocycles. The lowest BCUT2D eigenvalue weighted by atomic mass is 10.2. The molecule has 1 fully saturated rings. The number of benzene rings is 2. The zero-order valence-electron chi connectivity index (χ0n) is 14.9. The topological polar surface area (TPSA) is 59.8 Å². The molecule has 7 heteroatoms. The van der Waals surface area contributed by atoms with Crippen molar-refractivity contribution in [2.24, 2.45) is 0 Å². The Morgan fingerprint density at radius 2 is 1.89 bits per heavy atom. The van der Waals surface area contributed by atoms with Gasteiger partial charge in [0.25, 0.3) is 5.91 Å². The van der Waals surface area contributed by atoms with Gasteiger partial charge >= 0.3 is 5.63 Å². The lowest BCUT2D eigenvalue weighted by Gasteiger charge is -2.23. The molecule has 0 unspecified atom stereocenters. The van der Waals surface area contributed by atoms with Crippen LogP contribution in [0.3, 0.4) is 0 Å². The summed E-state index contributed by atoms with van der Waals surface area (Å²) in [5.74, 6) is -1.24. The van der Waals surface area contributed by atoms with Gasteiger partial charge in [0.15, 0.2) is 6.61 Å². The average molecular weight is 385 g/mol. The van der Waals surface area contributed by atoms with Crippen molar-refractivity contribution in [2.75, 3.05) is 6.61 Å². The van der Waals surface area contributed by atoms with Gasteiger partial charge in [-0.3, -0.25) is 4.79 Å². The van der Waals surface area contributed by atoms with Crippen LogP contribution in [0.4, 0.5) is 8.78 Å². The van der Waals surface area contributed by atoms with Gasteiger partial charge in [0.1, 0.15) is 23.0 Å². The van der Waals surface area contributed by atoms with E-state index in [2.05, 4.69) is 0 Å². The molecule has 1 aliphatic carbocycles. The van der Waals surface area contributed by atoms with E-state index in [0.29, 0.717) is 11.3 Å². The highest BCUT2D eigenvalue weighted by molar-refractivity contribution is 5.80. The maximum atomic E-state index is 13.9. The van der Waals surface area contributed by atoms with Crippen molar-refractivity contribution in [3.63, 3.8) is 0 Å². The third kappa shape index (κ3) is 4.03. The van der Waals surface area contributed by atoms with Gasteiger partial charge in [0.05, 0.1) is 0 Å². The van der Waals surface area contributed by atoms with E-state index in [1.807, 2.05) is 0 Å². The van der Waals surface area contributed by atoms with Crippen LogP contribution in [-0.2, 0) is 11.3 Å². The number of hydrogen-bond donors (Lipinski definition) is 0. The molecule has 0 saturated heterocycles. The second-order valence-corrected chi connectivity index (χ2v) is 6.73. The molecule has 2 aromatic carbocycles. The summed E-state index contributed by atoms with van der Waals surface area (Å²) in [6.45, 7) is -0.173. The maximum absolute atomic E-state index is 13.9. The molecule has 1 aromatic heterocycles. The number of ether oxygens (including phenoxy) is 1. The Bertz CT molecular complexity index is 1090. The monoisotopic (exact) mass is 385 g/mol. The molecule has 0 atom stereocenters. The Labute approximate surface area is 159 Å². The molecular formula is C21H17F2NO4. The normalized spacial score (nSPS) is 13.5. The van der Waals surface area contributed by atoms with E-state index < -0.39 is 17.3 Å². The molecule has 0 N–H and O–H groups in total. The van der Waals surface area contributed by atoms with Crippen LogP contribution >= 0.6 is 0 Å². The van der Waals surface area contributed by atoms with E-state index in [-0.39, 0.29) is 30.7 Å². The molecule has 4 rings (SSSR count). The standard InChI is InChI=1S/C21H17F2NO4/c22-15-4-1-14(18(23)9-15)11-24(16-5-6-16)20(25)12-27-17-7-2-13-3-8-21(26)28-19(13)10-17/h1-4,7-10,16H,5-6,11-12H2. The van der Waals surface area contributed by atoms with E-state index in [4.69, 9.17) is 9.15 Å². The number of hydrogen-bond acceptors (Lipinski definition) is 4. The third-order valence-electron chi connectivity index (χ3n) is 4.62. The number of nitrogens with zero attached hydrogens (tertiary/aromatic N) is 1. The Morgan fingerprint density at radius 3 is 2.64 bits per heavy atom. The fourth-order valence-electron chi connectivity index (χ4n) is 3.00. The van der Waals surface area contributed by atoms with Gasteiger partial charge in [-0.15, -0.1) is 0 Å². The summed E-state index contributed by atoms with van der Waals surface area (Å²) in [7, 11) is 0. The lowest BCUT2D eigenvalue weighted by molar-refractivity contribution is -0.134. The average Bonchev–Trinajstić information content (AvgIpc) is 3.50. The van der Waals surface area contributed by atoms with Crippen molar-refractivity contribution in [3.05, 3.63) is 76.1 Å². The smallest absolute Gasteiger partial charge is 0.336 e. The van der Waals surface area contributed by atoms with Crippen molar-refractivity contribution < 1.29 is 22.7 Å². The minimum atomic E-state index is -0.677. The van der Waals surface area contributed by atoms with E-state index in [1.54, 1.807) is 29.2 Å². The number of halogens is 2. The summed E-state index contributed by atoms with van der Waals surface area (Å²) in [5, 5.41) is 0.740. The van der Waals surface area contributed by atoms with E-state index in [9.17, 15) is 18.4 Å². The molecule has 144 valence electrons. The molecule has 1 amide bonds.